The molecule has 0 fully saturated rings. The lowest BCUT2D eigenvalue weighted by Gasteiger charge is -2.10. The van der Waals surface area contributed by atoms with Crippen LogP contribution in [-0.4, -0.2) is 13.4 Å². The molecule has 0 spiro atoms. The molecule has 0 saturated carbocycles. The van der Waals surface area contributed by atoms with E-state index in [9.17, 15) is 4.79 Å². The number of aldehydes is 1. The van der Waals surface area contributed by atoms with E-state index in [0.717, 1.165) is 21.9 Å². The van der Waals surface area contributed by atoms with Gasteiger partial charge in [-0.25, -0.2) is 0 Å². The van der Waals surface area contributed by atoms with E-state index < -0.39 is 6.10 Å². The van der Waals surface area contributed by atoms with Crippen LogP contribution in [0.25, 0.3) is 0 Å². The van der Waals surface area contributed by atoms with Crippen LogP contribution in [0.1, 0.15) is 17.2 Å². The maximum absolute atomic E-state index is 10.6. The zero-order valence-corrected chi connectivity index (χ0v) is 9.17. The van der Waals surface area contributed by atoms with Gasteiger partial charge in [-0.1, -0.05) is 28.1 Å². The Morgan fingerprint density at radius 3 is 2.69 bits per heavy atom. The minimum Gasteiger partial charge on any atom is -0.369 e. The first-order valence-electron chi connectivity index (χ1n) is 3.93. The fourth-order valence-electron chi connectivity index (χ4n) is 1.12. The maximum atomic E-state index is 10.6. The number of aryl methyl sites for hydroxylation is 1. The number of hydrogen-bond acceptors (Lipinski definition) is 2. The summed E-state index contributed by atoms with van der Waals surface area (Å²) >= 11 is 3.39. The lowest BCUT2D eigenvalue weighted by atomic mass is 10.1. The molecule has 0 saturated heterocycles. The van der Waals surface area contributed by atoms with Crippen LogP contribution in [0, 0.1) is 6.92 Å². The van der Waals surface area contributed by atoms with Crippen LogP contribution in [0.3, 0.4) is 0 Å². The molecule has 0 aliphatic heterocycles. The Morgan fingerprint density at radius 2 is 2.23 bits per heavy atom. The van der Waals surface area contributed by atoms with Crippen molar-refractivity contribution in [2.45, 2.75) is 13.0 Å². The molecule has 0 amide bonds. The molecule has 1 aromatic rings. The van der Waals surface area contributed by atoms with Crippen molar-refractivity contribution in [3.05, 3.63) is 33.8 Å². The lowest BCUT2D eigenvalue weighted by Crippen LogP contribution is -2.03. The number of benzene rings is 1. The van der Waals surface area contributed by atoms with Crippen LogP contribution in [0.5, 0.6) is 0 Å². The smallest absolute Gasteiger partial charge is 0.153 e. The molecular formula is C10H11BrO2. The van der Waals surface area contributed by atoms with E-state index in [4.69, 9.17) is 4.74 Å². The first kappa shape index (κ1) is 10.4. The van der Waals surface area contributed by atoms with Gasteiger partial charge in [-0.2, -0.15) is 0 Å². The first-order chi connectivity index (χ1) is 6.19. The van der Waals surface area contributed by atoms with Crippen molar-refractivity contribution in [2.24, 2.45) is 0 Å². The third-order valence-electron chi connectivity index (χ3n) is 1.84. The number of halogens is 1. The molecule has 2 nitrogen and oxygen atoms in total. The summed E-state index contributed by atoms with van der Waals surface area (Å²) in [6, 6.07) is 5.81. The molecule has 0 N–H and O–H groups in total. The molecule has 0 aliphatic rings. The number of rotatable bonds is 3. The Balaban J connectivity index is 3.06. The van der Waals surface area contributed by atoms with Gasteiger partial charge in [0.05, 0.1) is 0 Å². The van der Waals surface area contributed by atoms with Crippen LogP contribution >= 0.6 is 15.9 Å². The molecule has 0 radical (unpaired) electrons. The number of carbonyl (C=O) groups is 1. The van der Waals surface area contributed by atoms with Gasteiger partial charge in [-0.15, -0.1) is 0 Å². The minimum absolute atomic E-state index is 0.477. The Labute approximate surface area is 86.0 Å². The van der Waals surface area contributed by atoms with Gasteiger partial charge in [0.25, 0.3) is 0 Å². The molecular weight excluding hydrogens is 232 g/mol. The summed E-state index contributed by atoms with van der Waals surface area (Å²) in [4.78, 5) is 10.6. The highest BCUT2D eigenvalue weighted by Crippen LogP contribution is 2.25. The van der Waals surface area contributed by atoms with Crippen LogP contribution in [0.15, 0.2) is 22.7 Å². The number of ether oxygens (including phenoxy) is 1. The van der Waals surface area contributed by atoms with Gasteiger partial charge < -0.3 is 9.53 Å². The molecule has 3 heteroatoms. The summed E-state index contributed by atoms with van der Waals surface area (Å²) in [6.07, 6.45) is 0.310. The zero-order chi connectivity index (χ0) is 9.84. The Hall–Kier alpha value is -0.670. The zero-order valence-electron chi connectivity index (χ0n) is 7.58. The molecule has 0 aliphatic carbocycles. The normalized spacial score (nSPS) is 12.5. The molecule has 1 atom stereocenters. The van der Waals surface area contributed by atoms with Crippen LogP contribution in [0.4, 0.5) is 0 Å². The van der Waals surface area contributed by atoms with Gasteiger partial charge in [0.2, 0.25) is 0 Å². The molecule has 70 valence electrons. The second-order valence-electron chi connectivity index (χ2n) is 2.82. The van der Waals surface area contributed by atoms with Crippen molar-refractivity contribution in [3.63, 3.8) is 0 Å². The standard InChI is InChI=1S/C10H11BrO2/c1-7-3-4-8(9(11)5-7)10(6-12)13-2/h3-6,10H,1-2H3. The van der Waals surface area contributed by atoms with Gasteiger partial charge >= 0.3 is 0 Å². The van der Waals surface area contributed by atoms with E-state index in [1.54, 1.807) is 0 Å². The third-order valence-corrected chi connectivity index (χ3v) is 2.53. The van der Waals surface area contributed by atoms with E-state index in [2.05, 4.69) is 15.9 Å². The van der Waals surface area contributed by atoms with E-state index in [0.29, 0.717) is 0 Å². The summed E-state index contributed by atoms with van der Waals surface area (Å²) in [5.74, 6) is 0. The Bertz CT molecular complexity index is 310. The van der Waals surface area contributed by atoms with Gasteiger partial charge in [0.1, 0.15) is 6.10 Å². The summed E-state index contributed by atoms with van der Waals surface area (Å²) in [6.45, 7) is 2.00. The van der Waals surface area contributed by atoms with Crippen LogP contribution in [0.2, 0.25) is 0 Å². The summed E-state index contributed by atoms with van der Waals surface area (Å²) in [5, 5.41) is 0. The van der Waals surface area contributed by atoms with E-state index in [-0.39, 0.29) is 0 Å². The lowest BCUT2D eigenvalue weighted by molar-refractivity contribution is -0.116. The molecule has 0 bridgehead atoms. The highest BCUT2D eigenvalue weighted by Gasteiger charge is 2.11. The molecule has 1 aromatic carbocycles. The van der Waals surface area contributed by atoms with Crippen LogP contribution < -0.4 is 0 Å². The third kappa shape index (κ3) is 2.39. The van der Waals surface area contributed by atoms with Gasteiger partial charge in [0.15, 0.2) is 6.29 Å². The molecule has 0 aromatic heterocycles. The number of methoxy groups -OCH3 is 1. The van der Waals surface area contributed by atoms with Crippen molar-refractivity contribution in [1.29, 1.82) is 0 Å². The predicted octanol–water partition coefficient (Wildman–Crippen LogP) is 2.64. The quantitative estimate of drug-likeness (QED) is 0.763. The van der Waals surface area contributed by atoms with Crippen molar-refractivity contribution in [3.8, 4) is 0 Å². The Morgan fingerprint density at radius 1 is 1.54 bits per heavy atom. The number of carbonyl (C=O) groups excluding carboxylic acids is 1. The van der Waals surface area contributed by atoms with E-state index in [1.807, 2.05) is 25.1 Å². The van der Waals surface area contributed by atoms with Gasteiger partial charge in [0, 0.05) is 17.1 Å². The molecule has 13 heavy (non-hydrogen) atoms. The second kappa shape index (κ2) is 4.53. The average Bonchev–Trinajstić information content (AvgIpc) is 2.10. The van der Waals surface area contributed by atoms with Crippen LogP contribution in [-0.2, 0) is 9.53 Å². The fourth-order valence-corrected chi connectivity index (χ4v) is 1.84. The topological polar surface area (TPSA) is 26.3 Å². The minimum atomic E-state index is -0.477. The highest BCUT2D eigenvalue weighted by atomic mass is 79.9. The van der Waals surface area contributed by atoms with Crippen molar-refractivity contribution >= 4 is 22.2 Å². The summed E-state index contributed by atoms with van der Waals surface area (Å²) < 4.78 is 5.92. The maximum Gasteiger partial charge on any atom is 0.153 e. The fraction of sp³-hybridized carbons (Fsp3) is 0.300. The van der Waals surface area contributed by atoms with Gasteiger partial charge in [-0.05, 0) is 18.6 Å². The molecule has 1 rings (SSSR count). The van der Waals surface area contributed by atoms with Crippen molar-refractivity contribution in [1.82, 2.24) is 0 Å². The number of hydrogen-bond donors (Lipinski definition) is 0. The summed E-state index contributed by atoms with van der Waals surface area (Å²) in [5.41, 5.74) is 2.01. The second-order valence-corrected chi connectivity index (χ2v) is 3.67. The predicted molar refractivity (Wildman–Crippen MR) is 54.7 cm³/mol. The highest BCUT2D eigenvalue weighted by molar-refractivity contribution is 9.10. The van der Waals surface area contributed by atoms with Crippen molar-refractivity contribution in [2.75, 3.05) is 7.11 Å². The van der Waals surface area contributed by atoms with E-state index in [1.165, 1.54) is 7.11 Å². The molecule has 0 heterocycles. The largest absolute Gasteiger partial charge is 0.369 e. The average molecular weight is 243 g/mol. The SMILES string of the molecule is COC(C=O)c1ccc(C)cc1Br. The van der Waals surface area contributed by atoms with Gasteiger partial charge in [-0.3, -0.25) is 0 Å². The molecule has 1 unspecified atom stereocenters. The van der Waals surface area contributed by atoms with E-state index >= 15 is 0 Å². The summed E-state index contributed by atoms with van der Waals surface area (Å²) in [7, 11) is 1.52. The monoisotopic (exact) mass is 242 g/mol. The van der Waals surface area contributed by atoms with Crippen molar-refractivity contribution < 1.29 is 9.53 Å². The first-order valence-corrected chi connectivity index (χ1v) is 4.72. The Kier molecular flexibility index (Phi) is 3.63.